The predicted molar refractivity (Wildman–Crippen MR) is 71.9 cm³/mol. The van der Waals surface area contributed by atoms with Gasteiger partial charge in [-0.3, -0.25) is 0 Å². The Labute approximate surface area is 108 Å². The first-order valence-corrected chi connectivity index (χ1v) is 7.93. The fraction of sp³-hybridized carbons (Fsp3) is 1.00. The molecule has 3 heteroatoms. The summed E-state index contributed by atoms with van der Waals surface area (Å²) in [6.07, 6.45) is 6.10. The Morgan fingerprint density at radius 1 is 1.25 bits per heavy atom. The molecule has 1 N–H and O–H groups in total. The third kappa shape index (κ3) is 2.88. The van der Waals surface area contributed by atoms with Crippen LogP contribution >= 0.6 is 23.4 Å². The molecule has 0 aromatic carbocycles. The summed E-state index contributed by atoms with van der Waals surface area (Å²) in [5.41, 5.74) is 0. The van der Waals surface area contributed by atoms with Gasteiger partial charge in [0.1, 0.15) is 0 Å². The van der Waals surface area contributed by atoms with E-state index >= 15 is 0 Å². The van der Waals surface area contributed by atoms with E-state index in [1.165, 1.54) is 32.1 Å². The number of rotatable bonds is 2. The van der Waals surface area contributed by atoms with Gasteiger partial charge in [-0.05, 0) is 56.8 Å². The van der Waals surface area contributed by atoms with E-state index in [-0.39, 0.29) is 6.10 Å². The van der Waals surface area contributed by atoms with Gasteiger partial charge in [0.05, 0.1) is 10.8 Å². The van der Waals surface area contributed by atoms with Crippen LogP contribution in [0.1, 0.15) is 46.0 Å². The van der Waals surface area contributed by atoms with E-state index in [4.69, 9.17) is 11.6 Å². The first-order chi connectivity index (χ1) is 7.58. The van der Waals surface area contributed by atoms with Gasteiger partial charge in [0.2, 0.25) is 0 Å². The van der Waals surface area contributed by atoms with Gasteiger partial charge in [-0.1, -0.05) is 6.92 Å². The number of hydrogen-bond donors (Lipinski definition) is 1. The van der Waals surface area contributed by atoms with E-state index < -0.39 is 0 Å². The van der Waals surface area contributed by atoms with Crippen molar-refractivity contribution in [3.05, 3.63) is 0 Å². The lowest BCUT2D eigenvalue weighted by Crippen LogP contribution is -2.28. The lowest BCUT2D eigenvalue weighted by Gasteiger charge is -2.34. The van der Waals surface area contributed by atoms with Gasteiger partial charge < -0.3 is 5.11 Å². The summed E-state index contributed by atoms with van der Waals surface area (Å²) in [6, 6.07) is 0. The molecule has 1 aliphatic heterocycles. The standard InChI is InChI=1S/C13H23ClOS/c1-8(15)10-3-5-11(6-4-10)12-7-13(14)16-9(12)2/h8-13,15H,3-7H2,1-2H3. The maximum atomic E-state index is 9.60. The Morgan fingerprint density at radius 3 is 2.31 bits per heavy atom. The summed E-state index contributed by atoms with van der Waals surface area (Å²) in [6.45, 7) is 4.27. The highest BCUT2D eigenvalue weighted by Crippen LogP contribution is 2.48. The van der Waals surface area contributed by atoms with Crippen molar-refractivity contribution in [1.29, 1.82) is 0 Å². The minimum absolute atomic E-state index is 0.114. The van der Waals surface area contributed by atoms with Crippen molar-refractivity contribution < 1.29 is 5.11 Å². The van der Waals surface area contributed by atoms with Crippen LogP contribution in [-0.2, 0) is 0 Å². The first kappa shape index (κ1) is 13.0. The number of thioether (sulfide) groups is 1. The van der Waals surface area contributed by atoms with Gasteiger partial charge in [0.25, 0.3) is 0 Å². The quantitative estimate of drug-likeness (QED) is 0.762. The second-order valence-electron chi connectivity index (χ2n) is 5.57. The van der Waals surface area contributed by atoms with Gasteiger partial charge in [0, 0.05) is 5.25 Å². The molecule has 1 saturated heterocycles. The maximum absolute atomic E-state index is 9.60. The Kier molecular flexibility index (Phi) is 4.48. The molecular formula is C13H23ClOS. The van der Waals surface area contributed by atoms with Crippen molar-refractivity contribution in [3.8, 4) is 0 Å². The van der Waals surface area contributed by atoms with Crippen LogP contribution in [0.3, 0.4) is 0 Å². The van der Waals surface area contributed by atoms with Gasteiger partial charge in [-0.25, -0.2) is 0 Å². The van der Waals surface area contributed by atoms with E-state index in [2.05, 4.69) is 6.92 Å². The lowest BCUT2D eigenvalue weighted by atomic mass is 9.73. The summed E-state index contributed by atoms with van der Waals surface area (Å²) < 4.78 is 0.342. The Morgan fingerprint density at radius 2 is 1.88 bits per heavy atom. The zero-order chi connectivity index (χ0) is 11.7. The Bertz CT molecular complexity index is 226. The fourth-order valence-electron chi connectivity index (χ4n) is 3.43. The molecular weight excluding hydrogens is 240 g/mol. The van der Waals surface area contributed by atoms with E-state index in [9.17, 15) is 5.11 Å². The third-order valence-electron chi connectivity index (χ3n) is 4.53. The number of alkyl halides is 1. The van der Waals surface area contributed by atoms with Crippen LogP contribution < -0.4 is 0 Å². The zero-order valence-electron chi connectivity index (χ0n) is 10.2. The molecule has 0 bridgehead atoms. The van der Waals surface area contributed by atoms with E-state index in [0.717, 1.165) is 17.1 Å². The highest BCUT2D eigenvalue weighted by molar-refractivity contribution is 8.01. The summed E-state index contributed by atoms with van der Waals surface area (Å²) in [5.74, 6) is 2.23. The topological polar surface area (TPSA) is 20.2 Å². The summed E-state index contributed by atoms with van der Waals surface area (Å²) >= 11 is 8.17. The fourth-order valence-corrected chi connectivity index (χ4v) is 5.45. The number of aliphatic hydroxyl groups is 1. The highest BCUT2D eigenvalue weighted by Gasteiger charge is 2.38. The van der Waals surface area contributed by atoms with E-state index in [1.807, 2.05) is 18.7 Å². The van der Waals surface area contributed by atoms with Crippen LogP contribution in [0.4, 0.5) is 0 Å². The maximum Gasteiger partial charge on any atom is 0.0794 e. The van der Waals surface area contributed by atoms with Crippen LogP contribution in [0, 0.1) is 17.8 Å². The first-order valence-electron chi connectivity index (χ1n) is 6.55. The zero-order valence-corrected chi connectivity index (χ0v) is 11.8. The minimum atomic E-state index is -0.114. The van der Waals surface area contributed by atoms with Crippen molar-refractivity contribution in [2.75, 3.05) is 0 Å². The van der Waals surface area contributed by atoms with Crippen LogP contribution in [0.25, 0.3) is 0 Å². The van der Waals surface area contributed by atoms with Gasteiger partial charge in [0.15, 0.2) is 0 Å². The van der Waals surface area contributed by atoms with Crippen molar-refractivity contribution in [2.45, 2.75) is 62.0 Å². The predicted octanol–water partition coefficient (Wildman–Crippen LogP) is 3.88. The smallest absolute Gasteiger partial charge is 0.0794 e. The molecule has 0 spiro atoms. The van der Waals surface area contributed by atoms with E-state index in [0.29, 0.717) is 10.6 Å². The second kappa shape index (κ2) is 5.49. The SMILES string of the molecule is CC(O)C1CCC(C2CC(Cl)SC2C)CC1. The monoisotopic (exact) mass is 262 g/mol. The van der Waals surface area contributed by atoms with Crippen molar-refractivity contribution in [3.63, 3.8) is 0 Å². The molecule has 2 fully saturated rings. The second-order valence-corrected chi connectivity index (χ2v) is 7.94. The Balaban J connectivity index is 1.85. The largest absolute Gasteiger partial charge is 0.393 e. The number of aliphatic hydroxyl groups excluding tert-OH is 1. The molecule has 16 heavy (non-hydrogen) atoms. The normalized spacial score (nSPS) is 46.9. The van der Waals surface area contributed by atoms with Gasteiger partial charge in [-0.15, -0.1) is 23.4 Å². The molecule has 2 rings (SSSR count). The molecule has 1 heterocycles. The lowest BCUT2D eigenvalue weighted by molar-refractivity contribution is 0.0778. The Hall–Kier alpha value is 0.600. The molecule has 1 saturated carbocycles. The number of hydrogen-bond acceptors (Lipinski definition) is 2. The summed E-state index contributed by atoms with van der Waals surface area (Å²) in [7, 11) is 0. The molecule has 2 aliphatic rings. The molecule has 0 aromatic rings. The average molecular weight is 263 g/mol. The van der Waals surface area contributed by atoms with Gasteiger partial charge >= 0.3 is 0 Å². The van der Waals surface area contributed by atoms with Crippen molar-refractivity contribution in [2.24, 2.45) is 17.8 Å². The average Bonchev–Trinajstić information content (AvgIpc) is 2.58. The molecule has 4 atom stereocenters. The molecule has 0 radical (unpaired) electrons. The number of halogens is 1. The van der Waals surface area contributed by atoms with Crippen LogP contribution in [0.2, 0.25) is 0 Å². The van der Waals surface area contributed by atoms with Crippen LogP contribution in [-0.4, -0.2) is 21.2 Å². The van der Waals surface area contributed by atoms with Crippen molar-refractivity contribution >= 4 is 23.4 Å². The summed E-state index contributed by atoms with van der Waals surface area (Å²) in [5, 5.41) is 10.3. The summed E-state index contributed by atoms with van der Waals surface area (Å²) in [4.78, 5) is 0. The minimum Gasteiger partial charge on any atom is -0.393 e. The molecule has 1 nitrogen and oxygen atoms in total. The van der Waals surface area contributed by atoms with Gasteiger partial charge in [-0.2, -0.15) is 0 Å². The molecule has 4 unspecified atom stereocenters. The molecule has 94 valence electrons. The van der Waals surface area contributed by atoms with E-state index in [1.54, 1.807) is 0 Å². The van der Waals surface area contributed by atoms with Crippen LogP contribution in [0.5, 0.6) is 0 Å². The van der Waals surface area contributed by atoms with Crippen molar-refractivity contribution in [1.82, 2.24) is 0 Å². The molecule has 0 amide bonds. The van der Waals surface area contributed by atoms with Crippen LogP contribution in [0.15, 0.2) is 0 Å². The molecule has 1 aliphatic carbocycles. The molecule has 0 aromatic heterocycles. The third-order valence-corrected chi connectivity index (χ3v) is 6.28. The highest BCUT2D eigenvalue weighted by atomic mass is 35.5.